The van der Waals surface area contributed by atoms with Crippen LogP contribution in [0.4, 0.5) is 8.78 Å². The van der Waals surface area contributed by atoms with Crippen LogP contribution in [0.25, 0.3) is 0 Å². The molecule has 0 saturated carbocycles. The molecule has 1 rings (SSSR count). The standard InChI is InChI=1S/C8H8F2.C4H10/c1-2-6-3-4-7(9)8(10)5-6;1-4(2)3/h3-5H,2H2,1H3;4H,1-3H3. The van der Waals surface area contributed by atoms with Gasteiger partial charge in [-0.3, -0.25) is 0 Å². The van der Waals surface area contributed by atoms with E-state index >= 15 is 0 Å². The molecule has 0 atom stereocenters. The van der Waals surface area contributed by atoms with Gasteiger partial charge in [0.05, 0.1) is 0 Å². The van der Waals surface area contributed by atoms with Crippen LogP contribution in [0.1, 0.15) is 33.3 Å². The van der Waals surface area contributed by atoms with Crippen LogP contribution in [-0.4, -0.2) is 0 Å². The SMILES string of the molecule is CC(C)C.CCc1ccc(F)c(F)c1. The van der Waals surface area contributed by atoms with Crippen LogP contribution in [0.2, 0.25) is 0 Å². The third-order valence-corrected chi connectivity index (χ3v) is 1.39. The number of aryl methyl sites for hydroxylation is 1. The maximum atomic E-state index is 12.4. The van der Waals surface area contributed by atoms with E-state index in [0.717, 1.165) is 24.0 Å². The third kappa shape index (κ3) is 5.68. The van der Waals surface area contributed by atoms with Crippen molar-refractivity contribution >= 4 is 0 Å². The maximum Gasteiger partial charge on any atom is 0.159 e. The molecule has 14 heavy (non-hydrogen) atoms. The summed E-state index contributed by atoms with van der Waals surface area (Å²) in [6.45, 7) is 8.40. The van der Waals surface area contributed by atoms with Gasteiger partial charge in [0, 0.05) is 0 Å². The average Bonchev–Trinajstić information content (AvgIpc) is 2.09. The van der Waals surface area contributed by atoms with Crippen molar-refractivity contribution in [2.45, 2.75) is 34.1 Å². The van der Waals surface area contributed by atoms with E-state index in [4.69, 9.17) is 0 Å². The van der Waals surface area contributed by atoms with Gasteiger partial charge in [-0.15, -0.1) is 0 Å². The van der Waals surface area contributed by atoms with Gasteiger partial charge in [0.2, 0.25) is 0 Å². The highest BCUT2D eigenvalue weighted by Gasteiger charge is 1.99. The van der Waals surface area contributed by atoms with E-state index in [-0.39, 0.29) is 0 Å². The summed E-state index contributed by atoms with van der Waals surface area (Å²) in [6.07, 6.45) is 0.733. The Kier molecular flexibility index (Phi) is 6.09. The van der Waals surface area contributed by atoms with E-state index in [1.54, 1.807) is 6.07 Å². The van der Waals surface area contributed by atoms with Gasteiger partial charge in [-0.2, -0.15) is 0 Å². The Hall–Kier alpha value is -0.920. The molecule has 0 N–H and O–H groups in total. The summed E-state index contributed by atoms with van der Waals surface area (Å²) >= 11 is 0. The second-order valence-corrected chi connectivity index (χ2v) is 3.83. The summed E-state index contributed by atoms with van der Waals surface area (Å²) in [6, 6.07) is 3.95. The van der Waals surface area contributed by atoms with Gasteiger partial charge in [-0.25, -0.2) is 8.78 Å². The Bertz CT molecular complexity index is 264. The Balaban J connectivity index is 0.000000364. The summed E-state index contributed by atoms with van der Waals surface area (Å²) < 4.78 is 24.7. The molecule has 1 aromatic carbocycles. The number of rotatable bonds is 1. The second-order valence-electron chi connectivity index (χ2n) is 3.83. The first-order valence-corrected chi connectivity index (χ1v) is 4.91. The fraction of sp³-hybridized carbons (Fsp3) is 0.500. The third-order valence-electron chi connectivity index (χ3n) is 1.39. The summed E-state index contributed by atoms with van der Waals surface area (Å²) in [5.41, 5.74) is 0.818. The molecule has 0 unspecified atom stereocenters. The van der Waals surface area contributed by atoms with Gasteiger partial charge in [0.15, 0.2) is 11.6 Å². The Morgan fingerprint density at radius 2 is 1.57 bits per heavy atom. The molecule has 0 nitrogen and oxygen atoms in total. The molecular formula is C12H18F2. The van der Waals surface area contributed by atoms with Crippen LogP contribution in [0.15, 0.2) is 18.2 Å². The Morgan fingerprint density at radius 3 is 1.93 bits per heavy atom. The minimum Gasteiger partial charge on any atom is -0.204 e. The second kappa shape index (κ2) is 6.52. The molecule has 0 saturated heterocycles. The minimum absolute atomic E-state index is 0.733. The lowest BCUT2D eigenvalue weighted by Crippen LogP contribution is -1.86. The first-order valence-electron chi connectivity index (χ1n) is 4.91. The van der Waals surface area contributed by atoms with Crippen LogP contribution < -0.4 is 0 Å². The molecule has 0 bridgehead atoms. The summed E-state index contributed by atoms with van der Waals surface area (Å²) in [5, 5.41) is 0. The lowest BCUT2D eigenvalue weighted by Gasteiger charge is -1.95. The number of hydrogen-bond acceptors (Lipinski definition) is 0. The van der Waals surface area contributed by atoms with Crippen molar-refractivity contribution in [3.63, 3.8) is 0 Å². The fourth-order valence-electron chi connectivity index (χ4n) is 0.760. The molecule has 0 heterocycles. The maximum absolute atomic E-state index is 12.4. The predicted molar refractivity (Wildman–Crippen MR) is 56.2 cm³/mol. The molecule has 0 aliphatic rings. The highest BCUT2D eigenvalue weighted by atomic mass is 19.2. The summed E-state index contributed by atoms with van der Waals surface area (Å²) in [4.78, 5) is 0. The first kappa shape index (κ1) is 13.1. The number of hydrogen-bond donors (Lipinski definition) is 0. The molecule has 0 radical (unpaired) electrons. The Morgan fingerprint density at radius 1 is 1.07 bits per heavy atom. The molecule has 0 aliphatic carbocycles. The van der Waals surface area contributed by atoms with Gasteiger partial charge in [-0.05, 0) is 30.0 Å². The van der Waals surface area contributed by atoms with Gasteiger partial charge < -0.3 is 0 Å². The van der Waals surface area contributed by atoms with Gasteiger partial charge in [0.25, 0.3) is 0 Å². The smallest absolute Gasteiger partial charge is 0.159 e. The number of benzene rings is 1. The van der Waals surface area contributed by atoms with Crippen LogP contribution in [0.5, 0.6) is 0 Å². The largest absolute Gasteiger partial charge is 0.204 e. The van der Waals surface area contributed by atoms with E-state index in [0.29, 0.717) is 0 Å². The predicted octanol–water partition coefficient (Wildman–Crippen LogP) is 4.19. The van der Waals surface area contributed by atoms with Crippen LogP contribution in [-0.2, 0) is 6.42 Å². The zero-order valence-electron chi connectivity index (χ0n) is 9.27. The quantitative estimate of drug-likeness (QED) is 0.637. The molecule has 80 valence electrons. The summed E-state index contributed by atoms with van der Waals surface area (Å²) in [7, 11) is 0. The highest BCUT2D eigenvalue weighted by Crippen LogP contribution is 2.08. The van der Waals surface area contributed by atoms with E-state index in [1.807, 2.05) is 6.92 Å². The van der Waals surface area contributed by atoms with Crippen molar-refractivity contribution in [1.29, 1.82) is 0 Å². The lowest BCUT2D eigenvalue weighted by molar-refractivity contribution is 0.507. The average molecular weight is 200 g/mol. The van der Waals surface area contributed by atoms with Crippen molar-refractivity contribution < 1.29 is 8.78 Å². The normalized spacial score (nSPS) is 9.64. The molecule has 0 spiro atoms. The van der Waals surface area contributed by atoms with Crippen molar-refractivity contribution in [2.75, 3.05) is 0 Å². The zero-order chi connectivity index (χ0) is 11.1. The molecule has 1 aromatic rings. The van der Waals surface area contributed by atoms with Crippen LogP contribution in [0.3, 0.4) is 0 Å². The van der Waals surface area contributed by atoms with Crippen molar-refractivity contribution in [2.24, 2.45) is 5.92 Å². The van der Waals surface area contributed by atoms with Crippen molar-refractivity contribution in [3.05, 3.63) is 35.4 Å². The molecule has 0 aromatic heterocycles. The minimum atomic E-state index is -0.780. The highest BCUT2D eigenvalue weighted by molar-refractivity contribution is 5.17. The summed E-state index contributed by atoms with van der Waals surface area (Å²) in [5.74, 6) is -0.712. The van der Waals surface area contributed by atoms with E-state index < -0.39 is 11.6 Å². The van der Waals surface area contributed by atoms with Crippen molar-refractivity contribution in [1.82, 2.24) is 0 Å². The monoisotopic (exact) mass is 200 g/mol. The van der Waals surface area contributed by atoms with Gasteiger partial charge in [0.1, 0.15) is 0 Å². The van der Waals surface area contributed by atoms with Crippen LogP contribution in [0, 0.1) is 17.6 Å². The molecule has 2 heteroatoms. The molecule has 0 aliphatic heterocycles. The zero-order valence-corrected chi connectivity index (χ0v) is 9.27. The Labute approximate surface area is 85.0 Å². The van der Waals surface area contributed by atoms with Gasteiger partial charge in [-0.1, -0.05) is 33.8 Å². The van der Waals surface area contributed by atoms with E-state index in [9.17, 15) is 8.78 Å². The number of halogens is 2. The van der Waals surface area contributed by atoms with Crippen molar-refractivity contribution in [3.8, 4) is 0 Å². The van der Waals surface area contributed by atoms with E-state index in [2.05, 4.69) is 20.8 Å². The van der Waals surface area contributed by atoms with E-state index in [1.165, 1.54) is 6.07 Å². The van der Waals surface area contributed by atoms with Crippen LogP contribution >= 0.6 is 0 Å². The fourth-order valence-corrected chi connectivity index (χ4v) is 0.760. The lowest BCUT2D eigenvalue weighted by atomic mass is 10.2. The topological polar surface area (TPSA) is 0 Å². The molecule has 0 fully saturated rings. The molecule has 0 amide bonds. The van der Waals surface area contributed by atoms with Gasteiger partial charge >= 0.3 is 0 Å². The first-order chi connectivity index (χ1) is 6.47. The molecular weight excluding hydrogens is 182 g/mol.